The predicted molar refractivity (Wildman–Crippen MR) is 73.4 cm³/mol. The number of carbonyl (C=O) groups excluding carboxylic acids is 1. The summed E-state index contributed by atoms with van der Waals surface area (Å²) >= 11 is 0. The van der Waals surface area contributed by atoms with Crippen molar-refractivity contribution in [3.8, 4) is 5.75 Å². The minimum Gasteiger partial charge on any atom is -0.482 e. The highest BCUT2D eigenvalue weighted by molar-refractivity contribution is 5.78. The summed E-state index contributed by atoms with van der Waals surface area (Å²) in [7, 11) is 0. The van der Waals surface area contributed by atoms with Crippen molar-refractivity contribution in [1.82, 2.24) is 4.90 Å². The van der Waals surface area contributed by atoms with E-state index in [2.05, 4.69) is 6.58 Å². The van der Waals surface area contributed by atoms with E-state index >= 15 is 0 Å². The fourth-order valence-electron chi connectivity index (χ4n) is 1.59. The first-order valence-electron chi connectivity index (χ1n) is 6.05. The van der Waals surface area contributed by atoms with Gasteiger partial charge in [-0.25, -0.2) is 0 Å². The van der Waals surface area contributed by atoms with Crippen LogP contribution in [0.1, 0.15) is 13.3 Å². The summed E-state index contributed by atoms with van der Waals surface area (Å²) in [5.74, 6) is 0.487. The quantitative estimate of drug-likeness (QED) is 0.593. The van der Waals surface area contributed by atoms with E-state index in [4.69, 9.17) is 10.5 Å². The zero-order valence-corrected chi connectivity index (χ0v) is 10.8. The Morgan fingerprint density at radius 1 is 1.50 bits per heavy atom. The molecule has 0 fully saturated rings. The van der Waals surface area contributed by atoms with Crippen LogP contribution in [0.4, 0.5) is 5.69 Å². The fraction of sp³-hybridized carbons (Fsp3) is 0.357. The van der Waals surface area contributed by atoms with Crippen LogP contribution in [0, 0.1) is 0 Å². The van der Waals surface area contributed by atoms with Gasteiger partial charge in [0.2, 0.25) is 0 Å². The first kappa shape index (κ1) is 14.1. The second kappa shape index (κ2) is 7.37. The first-order chi connectivity index (χ1) is 8.69. The lowest BCUT2D eigenvalue weighted by Crippen LogP contribution is -2.35. The van der Waals surface area contributed by atoms with Gasteiger partial charge in [0.05, 0.1) is 5.69 Å². The lowest BCUT2D eigenvalue weighted by molar-refractivity contribution is -0.132. The van der Waals surface area contributed by atoms with Gasteiger partial charge in [-0.05, 0) is 18.6 Å². The second-order valence-corrected chi connectivity index (χ2v) is 3.95. The van der Waals surface area contributed by atoms with E-state index in [0.717, 1.165) is 6.42 Å². The van der Waals surface area contributed by atoms with E-state index in [-0.39, 0.29) is 12.5 Å². The maximum Gasteiger partial charge on any atom is 0.260 e. The number of rotatable bonds is 7. The van der Waals surface area contributed by atoms with Crippen molar-refractivity contribution in [2.75, 3.05) is 25.4 Å². The molecule has 1 aromatic carbocycles. The normalized spacial score (nSPS) is 9.83. The molecular formula is C14H20N2O2. The van der Waals surface area contributed by atoms with Gasteiger partial charge in [-0.2, -0.15) is 0 Å². The number of benzene rings is 1. The highest BCUT2D eigenvalue weighted by atomic mass is 16.5. The minimum absolute atomic E-state index is 0.00204. The largest absolute Gasteiger partial charge is 0.482 e. The molecule has 98 valence electrons. The molecule has 0 saturated heterocycles. The minimum atomic E-state index is -0.0556. The van der Waals surface area contributed by atoms with Crippen LogP contribution in [0.2, 0.25) is 0 Å². The van der Waals surface area contributed by atoms with Crippen molar-refractivity contribution in [2.24, 2.45) is 0 Å². The van der Waals surface area contributed by atoms with Gasteiger partial charge >= 0.3 is 0 Å². The first-order valence-corrected chi connectivity index (χ1v) is 6.05. The number of hydrogen-bond acceptors (Lipinski definition) is 3. The summed E-state index contributed by atoms with van der Waals surface area (Å²) in [6, 6.07) is 7.14. The van der Waals surface area contributed by atoms with Gasteiger partial charge in [0.15, 0.2) is 6.61 Å². The average Bonchev–Trinajstić information content (AvgIpc) is 2.37. The van der Waals surface area contributed by atoms with Gasteiger partial charge in [0.25, 0.3) is 5.91 Å². The number of anilines is 1. The molecule has 0 spiro atoms. The lowest BCUT2D eigenvalue weighted by Gasteiger charge is -2.20. The third kappa shape index (κ3) is 4.13. The Bertz CT molecular complexity index is 405. The monoisotopic (exact) mass is 248 g/mol. The Hall–Kier alpha value is -1.97. The van der Waals surface area contributed by atoms with Crippen molar-refractivity contribution >= 4 is 11.6 Å². The molecule has 0 aromatic heterocycles. The van der Waals surface area contributed by atoms with Gasteiger partial charge < -0.3 is 15.4 Å². The van der Waals surface area contributed by atoms with Crippen LogP contribution in [-0.4, -0.2) is 30.5 Å². The molecule has 1 amide bonds. The van der Waals surface area contributed by atoms with Crippen LogP contribution >= 0.6 is 0 Å². The molecule has 0 unspecified atom stereocenters. The Labute approximate surface area is 108 Å². The summed E-state index contributed by atoms with van der Waals surface area (Å²) in [5.41, 5.74) is 6.27. The molecule has 4 heteroatoms. The molecule has 0 radical (unpaired) electrons. The molecule has 0 bridgehead atoms. The van der Waals surface area contributed by atoms with Crippen LogP contribution in [0.3, 0.4) is 0 Å². The molecule has 0 saturated carbocycles. The van der Waals surface area contributed by atoms with Crippen LogP contribution in [-0.2, 0) is 4.79 Å². The number of amides is 1. The Morgan fingerprint density at radius 2 is 2.22 bits per heavy atom. The number of nitrogens with two attached hydrogens (primary N) is 1. The molecule has 0 aliphatic carbocycles. The topological polar surface area (TPSA) is 55.6 Å². The van der Waals surface area contributed by atoms with Crippen molar-refractivity contribution in [1.29, 1.82) is 0 Å². The third-order valence-electron chi connectivity index (χ3n) is 2.47. The highest BCUT2D eigenvalue weighted by Gasteiger charge is 2.12. The van der Waals surface area contributed by atoms with Gasteiger partial charge in [-0.15, -0.1) is 6.58 Å². The Kier molecular flexibility index (Phi) is 5.77. The van der Waals surface area contributed by atoms with E-state index in [9.17, 15) is 4.79 Å². The molecule has 0 aliphatic heterocycles. The zero-order valence-electron chi connectivity index (χ0n) is 10.8. The molecule has 0 atom stereocenters. The number of nitrogens with zero attached hydrogens (tertiary/aromatic N) is 1. The van der Waals surface area contributed by atoms with Crippen LogP contribution in [0.25, 0.3) is 0 Å². The number of hydrogen-bond donors (Lipinski definition) is 1. The third-order valence-corrected chi connectivity index (χ3v) is 2.47. The molecule has 0 heterocycles. The smallest absolute Gasteiger partial charge is 0.260 e. The SMILES string of the molecule is C=CCN(CCC)C(=O)COc1ccccc1N. The predicted octanol–water partition coefficient (Wildman–Crippen LogP) is 2.07. The molecular weight excluding hydrogens is 228 g/mol. The van der Waals surface area contributed by atoms with Crippen LogP contribution in [0.15, 0.2) is 36.9 Å². The number of carbonyl (C=O) groups is 1. The van der Waals surface area contributed by atoms with Crippen molar-refractivity contribution in [2.45, 2.75) is 13.3 Å². The number of ether oxygens (including phenoxy) is 1. The molecule has 1 aromatic rings. The van der Waals surface area contributed by atoms with E-state index in [1.54, 1.807) is 23.1 Å². The average molecular weight is 248 g/mol. The van der Waals surface area contributed by atoms with Crippen molar-refractivity contribution < 1.29 is 9.53 Å². The number of para-hydroxylation sites is 2. The van der Waals surface area contributed by atoms with E-state index in [1.165, 1.54) is 0 Å². The Morgan fingerprint density at radius 3 is 2.83 bits per heavy atom. The molecule has 18 heavy (non-hydrogen) atoms. The van der Waals surface area contributed by atoms with Gasteiger partial charge in [-0.1, -0.05) is 25.1 Å². The maximum atomic E-state index is 11.9. The van der Waals surface area contributed by atoms with Crippen molar-refractivity contribution in [3.63, 3.8) is 0 Å². The van der Waals surface area contributed by atoms with E-state index in [1.807, 2.05) is 19.1 Å². The summed E-state index contributed by atoms with van der Waals surface area (Å²) in [6.45, 7) is 6.92. The zero-order chi connectivity index (χ0) is 13.4. The van der Waals surface area contributed by atoms with E-state index in [0.29, 0.717) is 24.5 Å². The summed E-state index contributed by atoms with van der Waals surface area (Å²) in [4.78, 5) is 13.6. The lowest BCUT2D eigenvalue weighted by atomic mass is 10.3. The number of nitrogen functional groups attached to an aromatic ring is 1. The van der Waals surface area contributed by atoms with Gasteiger partial charge in [-0.3, -0.25) is 4.79 Å². The van der Waals surface area contributed by atoms with Crippen LogP contribution < -0.4 is 10.5 Å². The summed E-state index contributed by atoms with van der Waals surface area (Å²) in [5, 5.41) is 0. The molecule has 1 rings (SSSR count). The Balaban J connectivity index is 2.53. The van der Waals surface area contributed by atoms with Gasteiger partial charge in [0.1, 0.15) is 5.75 Å². The van der Waals surface area contributed by atoms with E-state index < -0.39 is 0 Å². The van der Waals surface area contributed by atoms with Gasteiger partial charge in [0, 0.05) is 13.1 Å². The summed E-state index contributed by atoms with van der Waals surface area (Å²) < 4.78 is 5.42. The fourth-order valence-corrected chi connectivity index (χ4v) is 1.59. The summed E-state index contributed by atoms with van der Waals surface area (Å²) in [6.07, 6.45) is 2.62. The van der Waals surface area contributed by atoms with Crippen molar-refractivity contribution in [3.05, 3.63) is 36.9 Å². The molecule has 2 N–H and O–H groups in total. The second-order valence-electron chi connectivity index (χ2n) is 3.95. The van der Waals surface area contributed by atoms with Crippen LogP contribution in [0.5, 0.6) is 5.75 Å². The molecule has 0 aliphatic rings. The highest BCUT2D eigenvalue weighted by Crippen LogP contribution is 2.19. The molecule has 4 nitrogen and oxygen atoms in total. The standard InChI is InChI=1S/C14H20N2O2/c1-3-9-16(10-4-2)14(17)11-18-13-8-6-5-7-12(13)15/h3,5-8H,1,4,9-11,15H2,2H3. The maximum absolute atomic E-state index is 11.9.